The maximum atomic E-state index is 11.1. The number of rotatable bonds is 4. The van der Waals surface area contributed by atoms with Crippen LogP contribution in [-0.2, 0) is 11.3 Å². The molecule has 2 heterocycles. The van der Waals surface area contributed by atoms with Crippen molar-refractivity contribution in [3.05, 3.63) is 11.1 Å². The zero-order valence-corrected chi connectivity index (χ0v) is 12.1. The molecular weight excluding hydrogens is 270 g/mol. The van der Waals surface area contributed by atoms with Crippen LogP contribution in [0.5, 0.6) is 0 Å². The maximum Gasteiger partial charge on any atom is 0.241 e. The number of carbonyl (C=O) groups excluding carboxylic acids is 1. The minimum atomic E-state index is -0.205. The van der Waals surface area contributed by atoms with Crippen molar-refractivity contribution in [1.29, 1.82) is 0 Å². The Morgan fingerprint density at radius 2 is 2.50 bits per heavy atom. The van der Waals surface area contributed by atoms with Crippen molar-refractivity contribution in [2.45, 2.75) is 38.8 Å². The van der Waals surface area contributed by atoms with Crippen molar-refractivity contribution in [2.24, 2.45) is 0 Å². The smallest absolute Gasteiger partial charge is 0.241 e. The Morgan fingerprint density at radius 3 is 3.22 bits per heavy atom. The number of thiazole rings is 1. The van der Waals surface area contributed by atoms with Crippen LogP contribution >= 0.6 is 22.9 Å². The van der Waals surface area contributed by atoms with Crippen molar-refractivity contribution < 1.29 is 4.79 Å². The quantitative estimate of drug-likeness (QED) is 0.866. The molecule has 1 N–H and O–H groups in total. The summed E-state index contributed by atoms with van der Waals surface area (Å²) in [5.41, 5.74) is 0. The molecule has 1 fully saturated rings. The van der Waals surface area contributed by atoms with Gasteiger partial charge in [0.1, 0.15) is 5.88 Å². The number of hydrogen-bond donors (Lipinski definition) is 1. The number of likely N-dealkylation sites (tertiary alicyclic amines) is 1. The van der Waals surface area contributed by atoms with E-state index in [-0.39, 0.29) is 11.8 Å². The Bertz CT molecular complexity index is 410. The zero-order valence-electron chi connectivity index (χ0n) is 10.5. The van der Waals surface area contributed by atoms with E-state index in [1.807, 2.05) is 6.20 Å². The van der Waals surface area contributed by atoms with Gasteiger partial charge in [-0.25, -0.2) is 4.98 Å². The zero-order chi connectivity index (χ0) is 13.0. The SMILES string of the molecule is CC1CCCCN1Cc1cnc(NC(=O)CCl)s1. The third-order valence-electron chi connectivity index (χ3n) is 3.22. The van der Waals surface area contributed by atoms with Gasteiger partial charge in [-0.15, -0.1) is 22.9 Å². The molecule has 0 aromatic carbocycles. The van der Waals surface area contributed by atoms with Gasteiger partial charge in [-0.05, 0) is 26.3 Å². The van der Waals surface area contributed by atoms with Gasteiger partial charge in [-0.1, -0.05) is 6.42 Å². The van der Waals surface area contributed by atoms with Crippen molar-refractivity contribution in [3.8, 4) is 0 Å². The summed E-state index contributed by atoms with van der Waals surface area (Å²) >= 11 is 6.97. The van der Waals surface area contributed by atoms with Crippen molar-refractivity contribution in [3.63, 3.8) is 0 Å². The second kappa shape index (κ2) is 6.50. The number of aromatic nitrogens is 1. The van der Waals surface area contributed by atoms with Crippen LogP contribution in [0.4, 0.5) is 5.13 Å². The predicted molar refractivity (Wildman–Crippen MR) is 75.2 cm³/mol. The van der Waals surface area contributed by atoms with Crippen molar-refractivity contribution in [1.82, 2.24) is 9.88 Å². The van der Waals surface area contributed by atoms with Crippen LogP contribution in [0.15, 0.2) is 6.20 Å². The van der Waals surface area contributed by atoms with E-state index in [1.54, 1.807) is 0 Å². The molecule has 1 aliphatic rings. The Labute approximate surface area is 116 Å². The summed E-state index contributed by atoms with van der Waals surface area (Å²) in [6, 6.07) is 0.640. The summed E-state index contributed by atoms with van der Waals surface area (Å²) in [7, 11) is 0. The van der Waals surface area contributed by atoms with E-state index in [1.165, 1.54) is 35.5 Å². The summed E-state index contributed by atoms with van der Waals surface area (Å²) in [5.74, 6) is -0.234. The second-order valence-electron chi connectivity index (χ2n) is 4.63. The second-order valence-corrected chi connectivity index (χ2v) is 6.01. The predicted octanol–water partition coefficient (Wildman–Crippen LogP) is 2.69. The van der Waals surface area contributed by atoms with Gasteiger partial charge in [0.05, 0.1) is 0 Å². The number of hydrogen-bond acceptors (Lipinski definition) is 4. The first-order valence-electron chi connectivity index (χ1n) is 6.23. The van der Waals surface area contributed by atoms with Gasteiger partial charge in [0.15, 0.2) is 5.13 Å². The molecule has 2 rings (SSSR count). The number of piperidine rings is 1. The van der Waals surface area contributed by atoms with E-state index in [2.05, 4.69) is 22.1 Å². The van der Waals surface area contributed by atoms with Gasteiger partial charge >= 0.3 is 0 Å². The monoisotopic (exact) mass is 287 g/mol. The lowest BCUT2D eigenvalue weighted by atomic mass is 10.0. The molecule has 18 heavy (non-hydrogen) atoms. The molecule has 0 spiro atoms. The molecule has 1 aliphatic heterocycles. The van der Waals surface area contributed by atoms with E-state index in [4.69, 9.17) is 11.6 Å². The number of alkyl halides is 1. The van der Waals surface area contributed by atoms with E-state index in [9.17, 15) is 4.79 Å². The molecule has 1 amide bonds. The van der Waals surface area contributed by atoms with Crippen LogP contribution in [-0.4, -0.2) is 34.3 Å². The molecular formula is C12H18ClN3OS. The molecule has 4 nitrogen and oxygen atoms in total. The summed E-state index contributed by atoms with van der Waals surface area (Å²) in [6.07, 6.45) is 5.72. The van der Waals surface area contributed by atoms with Crippen LogP contribution in [0.2, 0.25) is 0 Å². The normalized spacial score (nSPS) is 20.9. The van der Waals surface area contributed by atoms with Crippen LogP contribution in [0.3, 0.4) is 0 Å². The van der Waals surface area contributed by atoms with Gasteiger partial charge in [-0.2, -0.15) is 0 Å². The van der Waals surface area contributed by atoms with Crippen molar-refractivity contribution in [2.75, 3.05) is 17.7 Å². The molecule has 1 aromatic heterocycles. The van der Waals surface area contributed by atoms with Crippen LogP contribution < -0.4 is 5.32 Å². The highest BCUT2D eigenvalue weighted by atomic mass is 35.5. The first-order chi connectivity index (χ1) is 8.69. The fraction of sp³-hybridized carbons (Fsp3) is 0.667. The molecule has 1 aromatic rings. The lowest BCUT2D eigenvalue weighted by Gasteiger charge is -2.32. The molecule has 6 heteroatoms. The number of amides is 1. The highest BCUT2D eigenvalue weighted by Gasteiger charge is 2.19. The van der Waals surface area contributed by atoms with E-state index in [0.717, 1.165) is 13.1 Å². The lowest BCUT2D eigenvalue weighted by Crippen LogP contribution is -2.36. The highest BCUT2D eigenvalue weighted by Crippen LogP contribution is 2.24. The molecule has 1 atom stereocenters. The number of carbonyl (C=O) groups is 1. The average molecular weight is 288 g/mol. The number of nitrogens with one attached hydrogen (secondary N) is 1. The molecule has 0 radical (unpaired) electrons. The number of halogens is 1. The first kappa shape index (κ1) is 13.8. The summed E-state index contributed by atoms with van der Waals surface area (Å²) < 4.78 is 0. The van der Waals surface area contributed by atoms with Gasteiger partial charge in [0, 0.05) is 23.7 Å². The minimum absolute atomic E-state index is 0.0297. The summed E-state index contributed by atoms with van der Waals surface area (Å²) in [5, 5.41) is 3.32. The third kappa shape index (κ3) is 3.67. The van der Waals surface area contributed by atoms with Crippen molar-refractivity contribution >= 4 is 34.0 Å². The fourth-order valence-corrected chi connectivity index (χ4v) is 3.10. The van der Waals surface area contributed by atoms with Gasteiger partial charge < -0.3 is 5.32 Å². The summed E-state index contributed by atoms with van der Waals surface area (Å²) in [6.45, 7) is 4.36. The molecule has 0 bridgehead atoms. The van der Waals surface area contributed by atoms with Gasteiger partial charge in [0.2, 0.25) is 5.91 Å². The van der Waals surface area contributed by atoms with Gasteiger partial charge in [0.25, 0.3) is 0 Å². The maximum absolute atomic E-state index is 11.1. The molecule has 1 saturated heterocycles. The van der Waals surface area contributed by atoms with E-state index >= 15 is 0 Å². The largest absolute Gasteiger partial charge is 0.301 e. The molecule has 0 aliphatic carbocycles. The topological polar surface area (TPSA) is 45.2 Å². The highest BCUT2D eigenvalue weighted by molar-refractivity contribution is 7.15. The Kier molecular flexibility index (Phi) is 4.97. The molecule has 100 valence electrons. The molecule has 0 saturated carbocycles. The van der Waals surface area contributed by atoms with E-state index < -0.39 is 0 Å². The first-order valence-corrected chi connectivity index (χ1v) is 7.58. The lowest BCUT2D eigenvalue weighted by molar-refractivity contribution is -0.113. The number of nitrogens with zero attached hydrogens (tertiary/aromatic N) is 2. The van der Waals surface area contributed by atoms with Crippen LogP contribution in [0, 0.1) is 0 Å². The van der Waals surface area contributed by atoms with E-state index in [0.29, 0.717) is 11.2 Å². The van der Waals surface area contributed by atoms with Crippen LogP contribution in [0.25, 0.3) is 0 Å². The average Bonchev–Trinajstić information content (AvgIpc) is 2.79. The fourth-order valence-electron chi connectivity index (χ4n) is 2.18. The Morgan fingerprint density at radius 1 is 1.67 bits per heavy atom. The Hall–Kier alpha value is -0.650. The third-order valence-corrected chi connectivity index (χ3v) is 4.36. The van der Waals surface area contributed by atoms with Gasteiger partial charge in [-0.3, -0.25) is 9.69 Å². The van der Waals surface area contributed by atoms with Crippen LogP contribution in [0.1, 0.15) is 31.1 Å². The Balaban J connectivity index is 1.91. The standard InChI is InChI=1S/C12H18ClN3OS/c1-9-4-2-3-5-16(9)8-10-7-14-12(18-10)15-11(17)6-13/h7,9H,2-6,8H2,1H3,(H,14,15,17). The minimum Gasteiger partial charge on any atom is -0.301 e. The summed E-state index contributed by atoms with van der Waals surface area (Å²) in [4.78, 5) is 19.0. The molecule has 1 unspecified atom stereocenters. The number of anilines is 1.